The molecule has 2 aromatic carbocycles. The van der Waals surface area contributed by atoms with Crippen LogP contribution >= 0.6 is 0 Å². The maximum atomic E-state index is 12.6. The molecule has 4 nitrogen and oxygen atoms in total. The van der Waals surface area contributed by atoms with Gasteiger partial charge in [0, 0.05) is 5.56 Å². The van der Waals surface area contributed by atoms with Gasteiger partial charge in [0.15, 0.2) is 0 Å². The molecule has 0 aliphatic carbocycles. The van der Waals surface area contributed by atoms with E-state index in [-0.39, 0.29) is 11.9 Å². The largest absolute Gasteiger partial charge is 0.497 e. The van der Waals surface area contributed by atoms with Crippen LogP contribution in [0.4, 0.5) is 0 Å². The predicted molar refractivity (Wildman–Crippen MR) is 94.1 cm³/mol. The van der Waals surface area contributed by atoms with Gasteiger partial charge >= 0.3 is 0 Å². The number of ether oxygens (including phenoxy) is 2. The smallest absolute Gasteiger partial charge is 0.251 e. The number of carbonyl (C=O) groups is 1. The number of hydrogen-bond donors (Lipinski definition) is 1. The Morgan fingerprint density at radius 3 is 2.67 bits per heavy atom. The van der Waals surface area contributed by atoms with Crippen LogP contribution in [0, 0.1) is 0 Å². The average Bonchev–Trinajstić information content (AvgIpc) is 2.65. The Morgan fingerprint density at radius 2 is 1.96 bits per heavy atom. The van der Waals surface area contributed by atoms with Crippen LogP contribution in [0.25, 0.3) is 6.08 Å². The second-order valence-corrected chi connectivity index (χ2v) is 5.70. The van der Waals surface area contributed by atoms with Crippen LogP contribution < -0.4 is 14.8 Å². The Morgan fingerprint density at radius 1 is 1.21 bits per heavy atom. The zero-order valence-electron chi connectivity index (χ0n) is 13.9. The van der Waals surface area contributed by atoms with Gasteiger partial charge in [0.2, 0.25) is 0 Å². The summed E-state index contributed by atoms with van der Waals surface area (Å²) >= 11 is 0. The molecule has 1 amide bonds. The van der Waals surface area contributed by atoms with E-state index in [0.29, 0.717) is 12.2 Å². The van der Waals surface area contributed by atoms with Crippen molar-refractivity contribution in [2.75, 3.05) is 13.7 Å². The third-order valence-electron chi connectivity index (χ3n) is 4.16. The maximum Gasteiger partial charge on any atom is 0.251 e. The molecule has 0 radical (unpaired) electrons. The van der Waals surface area contributed by atoms with Gasteiger partial charge in [-0.3, -0.25) is 4.79 Å². The predicted octanol–water partition coefficient (Wildman–Crippen LogP) is 3.74. The van der Waals surface area contributed by atoms with E-state index in [2.05, 4.69) is 12.2 Å². The fraction of sp³-hybridized carbons (Fsp3) is 0.250. The lowest BCUT2D eigenvalue weighted by molar-refractivity contribution is -0.118. The van der Waals surface area contributed by atoms with Gasteiger partial charge in [-0.25, -0.2) is 0 Å². The number of benzene rings is 2. The van der Waals surface area contributed by atoms with Gasteiger partial charge in [0.1, 0.15) is 18.1 Å². The first-order valence-corrected chi connectivity index (χ1v) is 8.08. The summed E-state index contributed by atoms with van der Waals surface area (Å²) in [4.78, 5) is 12.6. The molecule has 1 heterocycles. The average molecular weight is 323 g/mol. The number of methoxy groups -OCH3 is 1. The van der Waals surface area contributed by atoms with Crippen LogP contribution in [0.1, 0.15) is 30.5 Å². The van der Waals surface area contributed by atoms with Crippen molar-refractivity contribution in [3.8, 4) is 11.5 Å². The van der Waals surface area contributed by atoms with E-state index >= 15 is 0 Å². The molecule has 4 heteroatoms. The van der Waals surface area contributed by atoms with Crippen molar-refractivity contribution in [3.05, 3.63) is 65.2 Å². The van der Waals surface area contributed by atoms with E-state index in [0.717, 1.165) is 29.0 Å². The fourth-order valence-corrected chi connectivity index (χ4v) is 2.76. The van der Waals surface area contributed by atoms with E-state index < -0.39 is 0 Å². The van der Waals surface area contributed by atoms with Gasteiger partial charge in [-0.1, -0.05) is 37.3 Å². The first-order chi connectivity index (χ1) is 11.7. The summed E-state index contributed by atoms with van der Waals surface area (Å²) in [6, 6.07) is 15.5. The summed E-state index contributed by atoms with van der Waals surface area (Å²) in [5.41, 5.74) is 2.64. The van der Waals surface area contributed by atoms with Crippen LogP contribution in [0.5, 0.6) is 11.5 Å². The van der Waals surface area contributed by atoms with Crippen molar-refractivity contribution in [1.29, 1.82) is 0 Å². The Balaban J connectivity index is 1.74. The summed E-state index contributed by atoms with van der Waals surface area (Å²) in [5, 5.41) is 3.09. The molecule has 0 saturated heterocycles. The highest BCUT2D eigenvalue weighted by Crippen LogP contribution is 2.26. The van der Waals surface area contributed by atoms with Gasteiger partial charge in [-0.15, -0.1) is 0 Å². The monoisotopic (exact) mass is 323 g/mol. The molecule has 0 bridgehead atoms. The molecule has 0 saturated carbocycles. The van der Waals surface area contributed by atoms with Crippen LogP contribution in [0.2, 0.25) is 0 Å². The molecule has 1 aliphatic rings. The third-order valence-corrected chi connectivity index (χ3v) is 4.16. The minimum atomic E-state index is -0.0906. The Hall–Kier alpha value is -2.75. The third kappa shape index (κ3) is 3.43. The number of carbonyl (C=O) groups excluding carboxylic acids is 1. The number of nitrogens with one attached hydrogen (secondary N) is 1. The minimum absolute atomic E-state index is 0.0403. The second kappa shape index (κ2) is 7.21. The van der Waals surface area contributed by atoms with Gasteiger partial charge in [0.25, 0.3) is 5.91 Å². The summed E-state index contributed by atoms with van der Waals surface area (Å²) in [6.07, 6.45) is 2.71. The van der Waals surface area contributed by atoms with E-state index in [4.69, 9.17) is 9.47 Å². The molecule has 0 fully saturated rings. The molecule has 1 unspecified atom stereocenters. The number of rotatable bonds is 5. The summed E-state index contributed by atoms with van der Waals surface area (Å²) in [7, 11) is 1.64. The molecule has 2 aromatic rings. The SMILES string of the molecule is CCC(NC(=O)C1=Cc2ccccc2OC1)c1ccc(OC)cc1. The number of fused-ring (bicyclic) bond motifs is 1. The molecule has 24 heavy (non-hydrogen) atoms. The van der Waals surface area contributed by atoms with E-state index in [1.54, 1.807) is 7.11 Å². The highest BCUT2D eigenvalue weighted by atomic mass is 16.5. The minimum Gasteiger partial charge on any atom is -0.497 e. The van der Waals surface area contributed by atoms with Crippen LogP contribution in [-0.4, -0.2) is 19.6 Å². The lowest BCUT2D eigenvalue weighted by atomic mass is 10.0. The summed E-state index contributed by atoms with van der Waals surface area (Å²) in [5.74, 6) is 1.53. The van der Waals surface area contributed by atoms with E-state index in [1.165, 1.54) is 0 Å². The molecule has 0 spiro atoms. The van der Waals surface area contributed by atoms with Crippen molar-refractivity contribution in [2.24, 2.45) is 0 Å². The fourth-order valence-electron chi connectivity index (χ4n) is 2.76. The molecule has 1 atom stereocenters. The van der Waals surface area contributed by atoms with Crippen LogP contribution in [0.3, 0.4) is 0 Å². The molecule has 3 rings (SSSR count). The number of hydrogen-bond acceptors (Lipinski definition) is 3. The lowest BCUT2D eigenvalue weighted by Crippen LogP contribution is -2.32. The summed E-state index contributed by atoms with van der Waals surface area (Å²) < 4.78 is 10.8. The molecular weight excluding hydrogens is 302 g/mol. The topological polar surface area (TPSA) is 47.6 Å². The molecule has 1 aliphatic heterocycles. The van der Waals surface area contributed by atoms with Crippen molar-refractivity contribution in [3.63, 3.8) is 0 Å². The highest BCUT2D eigenvalue weighted by molar-refractivity contribution is 5.99. The zero-order valence-corrected chi connectivity index (χ0v) is 13.9. The van der Waals surface area contributed by atoms with Gasteiger partial charge in [-0.2, -0.15) is 0 Å². The second-order valence-electron chi connectivity index (χ2n) is 5.70. The lowest BCUT2D eigenvalue weighted by Gasteiger charge is -2.21. The quantitative estimate of drug-likeness (QED) is 0.912. The van der Waals surface area contributed by atoms with Crippen LogP contribution in [0.15, 0.2) is 54.1 Å². The van der Waals surface area contributed by atoms with Crippen molar-refractivity contribution >= 4 is 12.0 Å². The van der Waals surface area contributed by atoms with Gasteiger partial charge < -0.3 is 14.8 Å². The first kappa shape index (κ1) is 16.1. The van der Waals surface area contributed by atoms with Crippen molar-refractivity contribution < 1.29 is 14.3 Å². The van der Waals surface area contributed by atoms with Gasteiger partial charge in [-0.05, 0) is 36.3 Å². The zero-order chi connectivity index (χ0) is 16.9. The van der Waals surface area contributed by atoms with E-state index in [9.17, 15) is 4.79 Å². The normalized spacial score (nSPS) is 14.0. The molecule has 124 valence electrons. The highest BCUT2D eigenvalue weighted by Gasteiger charge is 2.20. The van der Waals surface area contributed by atoms with E-state index in [1.807, 2.05) is 54.6 Å². The number of amides is 1. The molecule has 1 N–H and O–H groups in total. The number of para-hydroxylation sites is 1. The summed E-state index contributed by atoms with van der Waals surface area (Å²) in [6.45, 7) is 2.35. The van der Waals surface area contributed by atoms with Crippen molar-refractivity contribution in [2.45, 2.75) is 19.4 Å². The Bertz CT molecular complexity index is 750. The first-order valence-electron chi connectivity index (χ1n) is 8.08. The van der Waals surface area contributed by atoms with Gasteiger partial charge in [0.05, 0.1) is 18.7 Å². The molecule has 0 aromatic heterocycles. The maximum absolute atomic E-state index is 12.6. The molecular formula is C20H21NO3. The van der Waals surface area contributed by atoms with Crippen LogP contribution in [-0.2, 0) is 4.79 Å². The van der Waals surface area contributed by atoms with Crippen molar-refractivity contribution in [1.82, 2.24) is 5.32 Å². The standard InChI is InChI=1S/C20H21NO3/c1-3-18(14-8-10-17(23-2)11-9-14)21-20(22)16-12-15-6-4-5-7-19(15)24-13-16/h4-12,18H,3,13H2,1-2H3,(H,21,22). The Kier molecular flexibility index (Phi) is 4.85. The Labute approximate surface area is 142 Å².